The summed E-state index contributed by atoms with van der Waals surface area (Å²) in [5.74, 6) is 0.0704. The van der Waals surface area contributed by atoms with E-state index in [0.717, 1.165) is 17.6 Å². The molecular weight excluding hydrogens is 444 g/mol. The lowest BCUT2D eigenvalue weighted by Gasteiger charge is -2.35. The average molecular weight is 464 g/mol. The van der Waals surface area contributed by atoms with Crippen LogP contribution in [0, 0.1) is 11.8 Å². The lowest BCUT2D eigenvalue weighted by Crippen LogP contribution is -2.31. The maximum absolute atomic E-state index is 15.4. The van der Waals surface area contributed by atoms with Gasteiger partial charge in [0.25, 0.3) is 0 Å². The molecule has 1 spiro atoms. The molecule has 2 aromatic carbocycles. The lowest BCUT2D eigenvalue weighted by atomic mass is 9.79. The van der Waals surface area contributed by atoms with Crippen LogP contribution in [0.15, 0.2) is 59.7 Å². The Labute approximate surface area is 193 Å². The smallest absolute Gasteiger partial charge is 0.220 e. The van der Waals surface area contributed by atoms with Gasteiger partial charge in [0, 0.05) is 28.6 Å². The van der Waals surface area contributed by atoms with Gasteiger partial charge in [0.2, 0.25) is 5.95 Å². The van der Waals surface area contributed by atoms with Crippen LogP contribution >= 0.6 is 11.8 Å². The van der Waals surface area contributed by atoms with Crippen LogP contribution in [0.25, 0.3) is 16.7 Å². The molecule has 33 heavy (non-hydrogen) atoms. The molecule has 8 heteroatoms. The van der Waals surface area contributed by atoms with E-state index in [4.69, 9.17) is 20.2 Å². The predicted molar refractivity (Wildman–Crippen MR) is 124 cm³/mol. The number of halogens is 2. The monoisotopic (exact) mass is 463 g/mol. The Morgan fingerprint density at radius 3 is 2.70 bits per heavy atom. The van der Waals surface area contributed by atoms with E-state index < -0.39 is 17.3 Å². The minimum atomic E-state index is -0.945. The Morgan fingerprint density at radius 1 is 1.06 bits per heavy atom. The molecule has 1 aromatic heterocycles. The number of benzene rings is 2. The van der Waals surface area contributed by atoms with Gasteiger partial charge >= 0.3 is 0 Å². The van der Waals surface area contributed by atoms with Gasteiger partial charge in [-0.3, -0.25) is 0 Å². The zero-order chi connectivity index (χ0) is 22.6. The van der Waals surface area contributed by atoms with Gasteiger partial charge in [0.05, 0.1) is 13.2 Å². The van der Waals surface area contributed by atoms with Crippen molar-refractivity contribution in [1.29, 1.82) is 0 Å². The Balaban J connectivity index is 1.57. The van der Waals surface area contributed by atoms with Crippen molar-refractivity contribution in [3.63, 3.8) is 0 Å². The molecule has 3 aliphatic rings. The summed E-state index contributed by atoms with van der Waals surface area (Å²) in [4.78, 5) is 8.56. The first-order chi connectivity index (χ1) is 16.0. The summed E-state index contributed by atoms with van der Waals surface area (Å²) >= 11 is 1.41. The summed E-state index contributed by atoms with van der Waals surface area (Å²) in [7, 11) is 0. The summed E-state index contributed by atoms with van der Waals surface area (Å²) in [6.45, 7) is 1.08. The number of nitrogens with two attached hydrogens (primary N) is 1. The van der Waals surface area contributed by atoms with Crippen molar-refractivity contribution in [3.05, 3.63) is 83.2 Å². The van der Waals surface area contributed by atoms with Gasteiger partial charge in [0.15, 0.2) is 16.7 Å². The van der Waals surface area contributed by atoms with Crippen molar-refractivity contribution >= 4 is 22.5 Å². The highest BCUT2D eigenvalue weighted by Gasteiger charge is 2.47. The Kier molecular flexibility index (Phi) is 4.74. The summed E-state index contributed by atoms with van der Waals surface area (Å²) in [6, 6.07) is 12.1. The van der Waals surface area contributed by atoms with E-state index >= 15 is 4.39 Å². The van der Waals surface area contributed by atoms with Gasteiger partial charge < -0.3 is 15.2 Å². The lowest BCUT2D eigenvalue weighted by molar-refractivity contribution is 0.164. The van der Waals surface area contributed by atoms with Crippen molar-refractivity contribution in [2.24, 2.45) is 10.7 Å². The average Bonchev–Trinajstić information content (AvgIpc) is 3.23. The first kappa shape index (κ1) is 20.4. The molecule has 0 bridgehead atoms. The molecule has 3 aliphatic heterocycles. The van der Waals surface area contributed by atoms with Crippen LogP contribution < -0.4 is 10.5 Å². The fourth-order valence-corrected chi connectivity index (χ4v) is 5.57. The number of amidine groups is 1. The van der Waals surface area contributed by atoms with E-state index in [1.807, 2.05) is 12.1 Å². The Bertz CT molecular complexity index is 1360. The highest BCUT2D eigenvalue weighted by atomic mass is 32.2. The number of aliphatic imine (C=N–C) groups is 1. The zero-order valence-electron chi connectivity index (χ0n) is 17.5. The minimum Gasteiger partial charge on any atom is -0.453 e. The van der Waals surface area contributed by atoms with Gasteiger partial charge in [-0.15, -0.1) is 0 Å². The third-order valence-electron chi connectivity index (χ3n) is 6.21. The third-order valence-corrected chi connectivity index (χ3v) is 7.16. The van der Waals surface area contributed by atoms with Crippen molar-refractivity contribution in [1.82, 2.24) is 4.98 Å². The van der Waals surface area contributed by atoms with E-state index in [1.165, 1.54) is 24.0 Å². The largest absolute Gasteiger partial charge is 0.453 e. The van der Waals surface area contributed by atoms with E-state index in [2.05, 4.69) is 11.1 Å². The summed E-state index contributed by atoms with van der Waals surface area (Å²) in [6.07, 6.45) is 4.25. The number of rotatable bonds is 2. The zero-order valence-corrected chi connectivity index (χ0v) is 18.3. The maximum atomic E-state index is 15.4. The van der Waals surface area contributed by atoms with Gasteiger partial charge in [-0.05, 0) is 59.5 Å². The Morgan fingerprint density at radius 2 is 1.94 bits per heavy atom. The second kappa shape index (κ2) is 7.67. The number of thioether (sulfide) groups is 1. The molecule has 0 fully saturated rings. The third kappa shape index (κ3) is 3.24. The molecular formula is C25H19F2N3O2S. The van der Waals surface area contributed by atoms with E-state index in [-0.39, 0.29) is 5.75 Å². The fraction of sp³-hybridized carbons (Fsp3) is 0.200. The van der Waals surface area contributed by atoms with E-state index in [1.54, 1.807) is 24.3 Å². The standard InChI is InChI=1S/C25H19F2N3O2S/c26-20-11-16(15-3-2-8-31-12-15)10-19-22(20)32-21-6-5-14(17-4-1-7-29-23(17)27)9-18(21)25(19)13-33-24(28)30-25/h1,3-7,9-11H,2,8,12-13H2,(H2,28,30). The van der Waals surface area contributed by atoms with Crippen LogP contribution in [0.2, 0.25) is 0 Å². The molecule has 5 nitrogen and oxygen atoms in total. The highest BCUT2D eigenvalue weighted by molar-refractivity contribution is 8.14. The summed E-state index contributed by atoms with van der Waals surface area (Å²) in [5, 5.41) is 0.415. The molecule has 0 aliphatic carbocycles. The van der Waals surface area contributed by atoms with Crippen LogP contribution in [-0.4, -0.2) is 29.1 Å². The second-order valence-electron chi connectivity index (χ2n) is 8.16. The number of hydrogen-bond donors (Lipinski definition) is 1. The fourth-order valence-electron chi connectivity index (χ4n) is 4.62. The van der Waals surface area contributed by atoms with Gasteiger partial charge in [-0.25, -0.2) is 14.4 Å². The topological polar surface area (TPSA) is 69.7 Å². The molecule has 2 N–H and O–H groups in total. The van der Waals surface area contributed by atoms with Crippen LogP contribution in [0.1, 0.15) is 23.1 Å². The van der Waals surface area contributed by atoms with Crippen molar-refractivity contribution in [2.45, 2.75) is 12.0 Å². The molecule has 1 atom stereocenters. The molecule has 6 rings (SSSR count). The second-order valence-corrected chi connectivity index (χ2v) is 9.15. The van der Waals surface area contributed by atoms with Gasteiger partial charge in [-0.2, -0.15) is 4.39 Å². The summed E-state index contributed by atoms with van der Waals surface area (Å²) < 4.78 is 41.4. The summed E-state index contributed by atoms with van der Waals surface area (Å²) in [5.41, 5.74) is 9.17. The molecule has 0 saturated carbocycles. The van der Waals surface area contributed by atoms with Crippen LogP contribution in [0.5, 0.6) is 11.5 Å². The molecule has 1 unspecified atom stereocenters. The number of fused-ring (bicyclic) bond motifs is 4. The van der Waals surface area contributed by atoms with Gasteiger partial charge in [0.1, 0.15) is 11.3 Å². The molecule has 0 amide bonds. The molecule has 3 aromatic rings. The number of ether oxygens (including phenoxy) is 2. The minimum absolute atomic E-state index is 0.142. The first-order valence-electron chi connectivity index (χ1n) is 10.6. The van der Waals surface area contributed by atoms with Crippen LogP contribution in [0.3, 0.4) is 0 Å². The van der Waals surface area contributed by atoms with Crippen LogP contribution in [0.4, 0.5) is 8.78 Å². The number of hydrogen-bond acceptors (Lipinski definition) is 6. The van der Waals surface area contributed by atoms with Crippen LogP contribution in [-0.2, 0) is 10.3 Å². The highest BCUT2D eigenvalue weighted by Crippen LogP contribution is 2.54. The van der Waals surface area contributed by atoms with Crippen molar-refractivity contribution in [3.8, 4) is 22.6 Å². The maximum Gasteiger partial charge on any atom is 0.220 e. The van der Waals surface area contributed by atoms with E-state index in [0.29, 0.717) is 52.1 Å². The van der Waals surface area contributed by atoms with E-state index in [9.17, 15) is 4.39 Å². The Hall–Kier alpha value is -3.23. The van der Waals surface area contributed by atoms with Crippen molar-refractivity contribution in [2.75, 3.05) is 19.0 Å². The quantitative estimate of drug-likeness (QED) is 0.527. The molecule has 0 saturated heterocycles. The van der Waals surface area contributed by atoms with Crippen molar-refractivity contribution < 1.29 is 18.3 Å². The molecule has 0 radical (unpaired) electrons. The molecule has 4 heterocycles. The van der Waals surface area contributed by atoms with Gasteiger partial charge in [-0.1, -0.05) is 23.9 Å². The predicted octanol–water partition coefficient (Wildman–Crippen LogP) is 5.24. The first-order valence-corrected chi connectivity index (χ1v) is 11.6. The number of aromatic nitrogens is 1. The normalized spacial score (nSPS) is 21.2. The number of pyridine rings is 1. The number of nitrogens with zero attached hydrogens (tertiary/aromatic N) is 2. The SMILES string of the molecule is NC1=NC2(CS1)c1cc(-c3cccnc3F)ccc1Oc1c(F)cc(C3=CCCOC3)cc12. The molecule has 166 valence electrons.